The second-order valence-corrected chi connectivity index (χ2v) is 4.11. The predicted octanol–water partition coefficient (Wildman–Crippen LogP) is 2.40. The van der Waals surface area contributed by atoms with Crippen molar-refractivity contribution in [3.8, 4) is 6.07 Å². The Morgan fingerprint density at radius 3 is 2.31 bits per heavy atom. The Morgan fingerprint density at radius 2 is 1.85 bits per heavy atom. The molecule has 0 radical (unpaired) electrons. The maximum absolute atomic E-state index is 13.4. The summed E-state index contributed by atoms with van der Waals surface area (Å²) in [5, 5.41) is 8.59. The highest BCUT2D eigenvalue weighted by Crippen LogP contribution is 2.37. The van der Waals surface area contributed by atoms with Gasteiger partial charge in [0.2, 0.25) is 0 Å². The van der Waals surface area contributed by atoms with Crippen molar-refractivity contribution in [2.24, 2.45) is 5.92 Å². The summed E-state index contributed by atoms with van der Waals surface area (Å²) < 4.78 is 26.8. The van der Waals surface area contributed by atoms with E-state index in [1.165, 1.54) is 0 Å². The van der Waals surface area contributed by atoms with Crippen LogP contribution in [0.15, 0.2) is 11.1 Å². The summed E-state index contributed by atoms with van der Waals surface area (Å²) in [6, 6.07) is 1.69. The molecule has 5 unspecified atom stereocenters. The van der Waals surface area contributed by atoms with Crippen molar-refractivity contribution < 1.29 is 8.78 Å². The molecule has 0 spiro atoms. The molecular formula is C9H12F2NP. The van der Waals surface area contributed by atoms with Gasteiger partial charge in [-0.3, -0.25) is 0 Å². The Hall–Kier alpha value is -0.480. The third-order valence-electron chi connectivity index (χ3n) is 2.69. The van der Waals surface area contributed by atoms with E-state index in [9.17, 15) is 8.78 Å². The van der Waals surface area contributed by atoms with Crippen LogP contribution in [0.5, 0.6) is 0 Å². The van der Waals surface area contributed by atoms with Crippen molar-refractivity contribution in [2.45, 2.75) is 31.8 Å². The first-order valence-electron chi connectivity index (χ1n) is 4.11. The molecule has 0 fully saturated rings. The van der Waals surface area contributed by atoms with Gasteiger partial charge in [-0.15, -0.1) is 9.24 Å². The Bertz CT molecular complexity index is 282. The third-order valence-corrected chi connectivity index (χ3v) is 3.55. The molecule has 72 valence electrons. The second-order valence-electron chi connectivity index (χ2n) is 3.39. The minimum absolute atomic E-state index is 0.420. The van der Waals surface area contributed by atoms with E-state index in [2.05, 4.69) is 9.24 Å². The van der Waals surface area contributed by atoms with Crippen LogP contribution in [0.4, 0.5) is 8.78 Å². The maximum atomic E-state index is 13.4. The van der Waals surface area contributed by atoms with Crippen LogP contribution in [0.2, 0.25) is 0 Å². The summed E-state index contributed by atoms with van der Waals surface area (Å²) >= 11 is 0. The average molecular weight is 203 g/mol. The van der Waals surface area contributed by atoms with Gasteiger partial charge in [0.25, 0.3) is 0 Å². The number of hydrogen-bond acceptors (Lipinski definition) is 1. The number of allylic oxidation sites excluding steroid dienone is 2. The molecule has 4 heteroatoms. The van der Waals surface area contributed by atoms with Gasteiger partial charge in [0.15, 0.2) is 0 Å². The zero-order valence-electron chi connectivity index (χ0n) is 7.59. The minimum Gasteiger partial charge on any atom is -0.245 e. The highest BCUT2D eigenvalue weighted by Gasteiger charge is 2.40. The molecule has 0 aromatic heterocycles. The van der Waals surface area contributed by atoms with E-state index in [4.69, 9.17) is 5.26 Å². The van der Waals surface area contributed by atoms with Gasteiger partial charge < -0.3 is 0 Å². The number of halogens is 2. The predicted molar refractivity (Wildman–Crippen MR) is 50.8 cm³/mol. The Labute approximate surface area is 79.0 Å². The molecule has 1 rings (SSSR count). The average Bonchev–Trinajstić information content (AvgIpc) is 2.13. The van der Waals surface area contributed by atoms with Crippen molar-refractivity contribution in [1.82, 2.24) is 0 Å². The summed E-state index contributed by atoms with van der Waals surface area (Å²) in [5.41, 5.74) is 0.786. The Kier molecular flexibility index (Phi) is 3.03. The zero-order chi connectivity index (χ0) is 10.2. The first-order valence-corrected chi connectivity index (χ1v) is 4.78. The number of hydrogen-bond donors (Lipinski definition) is 0. The Balaban J connectivity index is 3.08. The quantitative estimate of drug-likeness (QED) is 0.438. The molecular weight excluding hydrogens is 191 g/mol. The molecule has 13 heavy (non-hydrogen) atoms. The van der Waals surface area contributed by atoms with Crippen molar-refractivity contribution in [3.63, 3.8) is 0 Å². The number of rotatable bonds is 0. The van der Waals surface area contributed by atoms with Crippen LogP contribution in [-0.4, -0.2) is 18.0 Å². The number of nitriles is 1. The van der Waals surface area contributed by atoms with Crippen LogP contribution < -0.4 is 0 Å². The second kappa shape index (κ2) is 3.72. The Morgan fingerprint density at radius 1 is 1.31 bits per heavy atom. The van der Waals surface area contributed by atoms with Crippen LogP contribution in [0.1, 0.15) is 13.8 Å². The lowest BCUT2D eigenvalue weighted by Crippen LogP contribution is -2.38. The largest absolute Gasteiger partial charge is 0.245 e. The van der Waals surface area contributed by atoms with E-state index in [1.807, 2.05) is 0 Å². The van der Waals surface area contributed by atoms with E-state index in [-0.39, 0.29) is 0 Å². The summed E-state index contributed by atoms with van der Waals surface area (Å²) in [4.78, 5) is 0. The highest BCUT2D eigenvalue weighted by atomic mass is 31.0. The fourth-order valence-electron chi connectivity index (χ4n) is 1.51. The SMILES string of the molecule is CC1=C(C)C(P)C(F)C(C#N)C1F. The van der Waals surface area contributed by atoms with Gasteiger partial charge in [-0.05, 0) is 19.4 Å². The molecule has 0 aromatic rings. The summed E-state index contributed by atoms with van der Waals surface area (Å²) in [7, 11) is 2.33. The maximum Gasteiger partial charge on any atom is 0.140 e. The van der Waals surface area contributed by atoms with E-state index in [0.717, 1.165) is 0 Å². The van der Waals surface area contributed by atoms with Gasteiger partial charge in [0.05, 0.1) is 6.07 Å². The lowest BCUT2D eigenvalue weighted by atomic mass is 9.82. The molecule has 5 atom stereocenters. The van der Waals surface area contributed by atoms with Gasteiger partial charge in [0, 0.05) is 5.66 Å². The van der Waals surface area contributed by atoms with Crippen molar-refractivity contribution >= 4 is 9.24 Å². The fourth-order valence-corrected chi connectivity index (χ4v) is 2.01. The smallest absolute Gasteiger partial charge is 0.140 e. The molecule has 0 aromatic carbocycles. The first-order chi connectivity index (χ1) is 6.00. The monoisotopic (exact) mass is 203 g/mol. The molecule has 1 aliphatic rings. The van der Waals surface area contributed by atoms with E-state index in [1.54, 1.807) is 19.9 Å². The van der Waals surface area contributed by atoms with Crippen LogP contribution in [0.25, 0.3) is 0 Å². The summed E-state index contributed by atoms with van der Waals surface area (Å²) in [5.74, 6) is -1.15. The van der Waals surface area contributed by atoms with Gasteiger partial charge in [-0.2, -0.15) is 5.26 Å². The van der Waals surface area contributed by atoms with Crippen molar-refractivity contribution in [1.29, 1.82) is 5.26 Å². The standard InChI is InChI=1S/C9H12F2NP/c1-4-5(2)9(13)8(11)6(3-12)7(4)10/h6-9H,13H2,1-2H3. The van der Waals surface area contributed by atoms with Crippen LogP contribution >= 0.6 is 9.24 Å². The fraction of sp³-hybridized carbons (Fsp3) is 0.667. The molecule has 0 amide bonds. The molecule has 0 bridgehead atoms. The summed E-state index contributed by atoms with van der Waals surface area (Å²) in [6.45, 7) is 3.33. The highest BCUT2D eigenvalue weighted by molar-refractivity contribution is 7.18. The number of alkyl halides is 2. The van der Waals surface area contributed by atoms with Crippen LogP contribution in [-0.2, 0) is 0 Å². The van der Waals surface area contributed by atoms with Crippen molar-refractivity contribution in [3.05, 3.63) is 11.1 Å². The van der Waals surface area contributed by atoms with Crippen LogP contribution in [0.3, 0.4) is 0 Å². The van der Waals surface area contributed by atoms with Crippen molar-refractivity contribution in [2.75, 3.05) is 0 Å². The van der Waals surface area contributed by atoms with Gasteiger partial charge in [-0.25, -0.2) is 8.78 Å². The molecule has 0 aliphatic heterocycles. The van der Waals surface area contributed by atoms with E-state index in [0.29, 0.717) is 11.1 Å². The number of nitrogens with zero attached hydrogens (tertiary/aromatic N) is 1. The molecule has 1 aliphatic carbocycles. The molecule has 1 nitrogen and oxygen atoms in total. The van der Waals surface area contributed by atoms with Gasteiger partial charge >= 0.3 is 0 Å². The molecule has 0 saturated heterocycles. The molecule has 0 heterocycles. The topological polar surface area (TPSA) is 23.8 Å². The zero-order valence-corrected chi connectivity index (χ0v) is 8.74. The lowest BCUT2D eigenvalue weighted by molar-refractivity contribution is 0.174. The van der Waals surface area contributed by atoms with E-state index < -0.39 is 23.9 Å². The lowest BCUT2D eigenvalue weighted by Gasteiger charge is -2.31. The first kappa shape index (κ1) is 10.6. The van der Waals surface area contributed by atoms with E-state index >= 15 is 0 Å². The van der Waals surface area contributed by atoms with Gasteiger partial charge in [0.1, 0.15) is 18.3 Å². The molecule has 0 saturated carbocycles. The van der Waals surface area contributed by atoms with Crippen LogP contribution in [0, 0.1) is 17.2 Å². The molecule has 0 N–H and O–H groups in total. The van der Waals surface area contributed by atoms with Gasteiger partial charge in [-0.1, -0.05) is 5.57 Å². The summed E-state index contributed by atoms with van der Waals surface area (Å²) in [6.07, 6.45) is -2.86. The third kappa shape index (κ3) is 1.60. The minimum atomic E-state index is -1.45. The normalized spacial score (nSPS) is 40.3.